The van der Waals surface area contributed by atoms with Crippen molar-refractivity contribution in [1.29, 1.82) is 0 Å². The van der Waals surface area contributed by atoms with Crippen LogP contribution in [0.1, 0.15) is 46.7 Å². The van der Waals surface area contributed by atoms with Gasteiger partial charge in [-0.2, -0.15) is 0 Å². The fourth-order valence-corrected chi connectivity index (χ4v) is 4.42. The highest BCUT2D eigenvalue weighted by Crippen LogP contribution is 2.44. The Labute approximate surface area is 158 Å². The minimum atomic E-state index is -0.143. The monoisotopic (exact) mass is 367 g/mol. The van der Waals surface area contributed by atoms with Crippen LogP contribution in [0.25, 0.3) is 0 Å². The van der Waals surface area contributed by atoms with Crippen LogP contribution in [0.3, 0.4) is 0 Å². The normalized spacial score (nSPS) is 21.4. The van der Waals surface area contributed by atoms with E-state index in [1.807, 2.05) is 30.1 Å². The Kier molecular flexibility index (Phi) is 4.25. The molecule has 1 amide bonds. The zero-order chi connectivity index (χ0) is 19.2. The van der Waals surface area contributed by atoms with Gasteiger partial charge in [-0.05, 0) is 38.2 Å². The van der Waals surface area contributed by atoms with E-state index in [4.69, 9.17) is 4.98 Å². The zero-order valence-electron chi connectivity index (χ0n) is 16.1. The number of aryl methyl sites for hydroxylation is 2. The Bertz CT molecular complexity index is 948. The van der Waals surface area contributed by atoms with E-state index in [1.165, 1.54) is 17.7 Å². The number of hydrogen-bond donors (Lipinski definition) is 1. The van der Waals surface area contributed by atoms with Crippen molar-refractivity contribution in [3.63, 3.8) is 0 Å². The Morgan fingerprint density at radius 1 is 1.30 bits per heavy atom. The van der Waals surface area contributed by atoms with Gasteiger partial charge < -0.3 is 14.8 Å². The molecule has 1 aliphatic carbocycles. The molecule has 7 heteroatoms. The van der Waals surface area contributed by atoms with Crippen LogP contribution in [0.4, 0.5) is 5.95 Å². The van der Waals surface area contributed by atoms with Gasteiger partial charge in [-0.3, -0.25) is 9.59 Å². The molecule has 0 radical (unpaired) electrons. The summed E-state index contributed by atoms with van der Waals surface area (Å²) in [7, 11) is 3.88. The smallest absolute Gasteiger partial charge is 0.270 e. The van der Waals surface area contributed by atoms with Gasteiger partial charge in [0.2, 0.25) is 5.95 Å². The van der Waals surface area contributed by atoms with Crippen molar-refractivity contribution in [3.8, 4) is 0 Å². The molecule has 1 unspecified atom stereocenters. The molecule has 2 aliphatic rings. The van der Waals surface area contributed by atoms with E-state index in [2.05, 4.69) is 9.97 Å². The van der Waals surface area contributed by atoms with Crippen LogP contribution >= 0.6 is 0 Å². The molecule has 1 saturated heterocycles. The largest absolute Gasteiger partial charge is 0.354 e. The van der Waals surface area contributed by atoms with Gasteiger partial charge in [0, 0.05) is 56.6 Å². The highest BCUT2D eigenvalue weighted by molar-refractivity contribution is 5.92. The third-order valence-corrected chi connectivity index (χ3v) is 5.70. The number of carbonyl (C=O) groups is 1. The molecule has 0 aromatic carbocycles. The maximum Gasteiger partial charge on any atom is 0.270 e. The number of amides is 1. The number of carbonyl (C=O) groups excluding carboxylic acids is 1. The maximum atomic E-state index is 13.0. The fourth-order valence-electron chi connectivity index (χ4n) is 4.42. The molecular weight excluding hydrogens is 342 g/mol. The maximum absolute atomic E-state index is 13.0. The van der Waals surface area contributed by atoms with Crippen LogP contribution in [-0.4, -0.2) is 52.9 Å². The summed E-state index contributed by atoms with van der Waals surface area (Å²) in [5.41, 5.74) is 3.10. The van der Waals surface area contributed by atoms with Crippen molar-refractivity contribution in [3.05, 3.63) is 51.2 Å². The molecule has 0 bridgehead atoms. The SMILES string of the molecule is Cc1cc(=O)cc(C(=O)N2CCCC3(CCc4cnc(N(C)C)nc43)C2)[nH]1. The van der Waals surface area contributed by atoms with Gasteiger partial charge in [0.1, 0.15) is 5.69 Å². The van der Waals surface area contributed by atoms with Crippen LogP contribution in [0.2, 0.25) is 0 Å². The molecule has 2 aromatic rings. The van der Waals surface area contributed by atoms with Crippen LogP contribution in [0.5, 0.6) is 0 Å². The van der Waals surface area contributed by atoms with Gasteiger partial charge in [-0.15, -0.1) is 0 Å². The van der Waals surface area contributed by atoms with Crippen LogP contribution in [0.15, 0.2) is 23.1 Å². The second-order valence-corrected chi connectivity index (χ2v) is 7.96. The summed E-state index contributed by atoms with van der Waals surface area (Å²) in [6.45, 7) is 3.14. The number of anilines is 1. The second kappa shape index (κ2) is 6.48. The first-order chi connectivity index (χ1) is 12.9. The number of H-pyrrole nitrogens is 1. The first-order valence-electron chi connectivity index (χ1n) is 9.42. The van der Waals surface area contributed by atoms with Crippen molar-refractivity contribution in [2.75, 3.05) is 32.1 Å². The highest BCUT2D eigenvalue weighted by Gasteiger charge is 2.45. The lowest BCUT2D eigenvalue weighted by atomic mass is 9.77. The van der Waals surface area contributed by atoms with Crippen LogP contribution in [-0.2, 0) is 11.8 Å². The van der Waals surface area contributed by atoms with Crippen LogP contribution < -0.4 is 10.3 Å². The number of rotatable bonds is 2. The Morgan fingerprint density at radius 3 is 2.85 bits per heavy atom. The summed E-state index contributed by atoms with van der Waals surface area (Å²) >= 11 is 0. The quantitative estimate of drug-likeness (QED) is 0.873. The van der Waals surface area contributed by atoms with Gasteiger partial charge in [-0.25, -0.2) is 9.97 Å². The molecule has 7 nitrogen and oxygen atoms in total. The molecule has 3 heterocycles. The lowest BCUT2D eigenvalue weighted by Crippen LogP contribution is -2.48. The standard InChI is InChI=1S/C20H25N5O2/c1-13-9-15(26)10-16(22-13)18(27)25-8-4-6-20(12-25)7-5-14-11-21-19(24(2)3)23-17(14)20/h9-11H,4-8,12H2,1-3H3,(H,22,26). The van der Waals surface area contributed by atoms with Crippen molar-refractivity contribution in [1.82, 2.24) is 19.9 Å². The van der Waals surface area contributed by atoms with Crippen molar-refractivity contribution >= 4 is 11.9 Å². The number of nitrogens with one attached hydrogen (secondary N) is 1. The summed E-state index contributed by atoms with van der Waals surface area (Å²) < 4.78 is 0. The van der Waals surface area contributed by atoms with E-state index in [0.29, 0.717) is 30.4 Å². The summed E-state index contributed by atoms with van der Waals surface area (Å²) in [6.07, 6.45) is 5.83. The summed E-state index contributed by atoms with van der Waals surface area (Å²) in [4.78, 5) is 41.0. The minimum absolute atomic E-state index is 0.106. The summed E-state index contributed by atoms with van der Waals surface area (Å²) in [5.74, 6) is 0.603. The third-order valence-electron chi connectivity index (χ3n) is 5.70. The Morgan fingerprint density at radius 2 is 2.11 bits per heavy atom. The molecule has 0 saturated carbocycles. The highest BCUT2D eigenvalue weighted by atomic mass is 16.2. The lowest BCUT2D eigenvalue weighted by Gasteiger charge is -2.40. The molecule has 1 spiro atoms. The van der Waals surface area contributed by atoms with Gasteiger partial charge in [0.05, 0.1) is 5.69 Å². The number of aromatic amines is 1. The molecule has 4 rings (SSSR count). The van der Waals surface area contributed by atoms with Crippen molar-refractivity contribution in [2.45, 2.75) is 38.0 Å². The summed E-state index contributed by atoms with van der Waals surface area (Å²) in [6, 6.07) is 2.90. The van der Waals surface area contributed by atoms with Crippen molar-refractivity contribution < 1.29 is 4.79 Å². The topological polar surface area (TPSA) is 82.2 Å². The van der Waals surface area contributed by atoms with E-state index in [1.54, 1.807) is 6.92 Å². The lowest BCUT2D eigenvalue weighted by molar-refractivity contribution is 0.0627. The number of fused-ring (bicyclic) bond motifs is 2. The fraction of sp³-hybridized carbons (Fsp3) is 0.500. The average Bonchev–Trinajstić information content (AvgIpc) is 2.97. The molecule has 142 valence electrons. The zero-order valence-corrected chi connectivity index (χ0v) is 16.1. The Balaban J connectivity index is 1.65. The molecule has 1 aliphatic heterocycles. The molecular formula is C20H25N5O2. The second-order valence-electron chi connectivity index (χ2n) is 7.96. The van der Waals surface area contributed by atoms with Crippen molar-refractivity contribution in [2.24, 2.45) is 0 Å². The first kappa shape index (κ1) is 17.7. The number of piperidine rings is 1. The summed E-state index contributed by atoms with van der Waals surface area (Å²) in [5, 5.41) is 0. The number of pyridine rings is 1. The van der Waals surface area contributed by atoms with Gasteiger partial charge in [-0.1, -0.05) is 0 Å². The van der Waals surface area contributed by atoms with E-state index >= 15 is 0 Å². The third kappa shape index (κ3) is 3.11. The molecule has 1 N–H and O–H groups in total. The number of nitrogens with zero attached hydrogens (tertiary/aromatic N) is 4. The van der Waals surface area contributed by atoms with Gasteiger partial charge in [0.15, 0.2) is 5.43 Å². The molecule has 27 heavy (non-hydrogen) atoms. The Hall–Kier alpha value is -2.70. The van der Waals surface area contributed by atoms with Gasteiger partial charge in [0.25, 0.3) is 5.91 Å². The van der Waals surface area contributed by atoms with E-state index < -0.39 is 0 Å². The predicted octanol–water partition coefficient (Wildman–Crippen LogP) is 1.66. The average molecular weight is 367 g/mol. The predicted molar refractivity (Wildman–Crippen MR) is 103 cm³/mol. The number of aromatic nitrogens is 3. The van der Waals surface area contributed by atoms with Crippen LogP contribution in [0, 0.1) is 6.92 Å². The molecule has 2 aromatic heterocycles. The van der Waals surface area contributed by atoms with E-state index in [-0.39, 0.29) is 16.8 Å². The van der Waals surface area contributed by atoms with Gasteiger partial charge >= 0.3 is 0 Å². The molecule has 1 fully saturated rings. The number of hydrogen-bond acceptors (Lipinski definition) is 5. The first-order valence-corrected chi connectivity index (χ1v) is 9.42. The number of likely N-dealkylation sites (tertiary alicyclic amines) is 1. The van der Waals surface area contributed by atoms with E-state index in [0.717, 1.165) is 31.4 Å². The minimum Gasteiger partial charge on any atom is -0.354 e. The molecule has 1 atom stereocenters. The van der Waals surface area contributed by atoms with E-state index in [9.17, 15) is 9.59 Å².